The van der Waals surface area contributed by atoms with Gasteiger partial charge in [-0.1, -0.05) is 133 Å². The highest BCUT2D eigenvalue weighted by atomic mass is 16.3. The summed E-state index contributed by atoms with van der Waals surface area (Å²) in [6.45, 7) is 0. The molecule has 0 bridgehead atoms. The van der Waals surface area contributed by atoms with E-state index < -0.39 is 0 Å². The van der Waals surface area contributed by atoms with Crippen LogP contribution in [-0.2, 0) is 0 Å². The molecule has 0 aliphatic rings. The molecule has 0 atom stereocenters. The van der Waals surface area contributed by atoms with Crippen LogP contribution in [0.4, 0.5) is 17.1 Å². The number of nitrogens with zero attached hydrogens (tertiary/aromatic N) is 4. The average Bonchev–Trinajstić information content (AvgIpc) is 3.61. The number of rotatable bonds is 7. The first-order valence-corrected chi connectivity index (χ1v) is 18.0. The lowest BCUT2D eigenvalue weighted by Gasteiger charge is -2.26. The molecule has 0 saturated heterocycles. The van der Waals surface area contributed by atoms with Crippen molar-refractivity contribution in [1.82, 2.24) is 15.0 Å². The van der Waals surface area contributed by atoms with Crippen LogP contribution in [0.25, 0.3) is 78.0 Å². The highest BCUT2D eigenvalue weighted by molar-refractivity contribution is 6.14. The first kappa shape index (κ1) is 31.4. The summed E-state index contributed by atoms with van der Waals surface area (Å²) in [5.41, 5.74) is 9.47. The average molecular weight is 693 g/mol. The minimum Gasteiger partial charge on any atom is -0.455 e. The summed E-state index contributed by atoms with van der Waals surface area (Å²) in [4.78, 5) is 17.5. The van der Waals surface area contributed by atoms with Gasteiger partial charge in [-0.3, -0.25) is 0 Å². The summed E-state index contributed by atoms with van der Waals surface area (Å²) in [7, 11) is 0. The van der Waals surface area contributed by atoms with E-state index in [1.165, 1.54) is 0 Å². The monoisotopic (exact) mass is 692 g/mol. The molecule has 54 heavy (non-hydrogen) atoms. The second-order valence-electron chi connectivity index (χ2n) is 13.3. The Morgan fingerprint density at radius 3 is 1.46 bits per heavy atom. The van der Waals surface area contributed by atoms with Crippen LogP contribution in [0.15, 0.2) is 199 Å². The molecular formula is C49H32N4O. The van der Waals surface area contributed by atoms with Crippen LogP contribution in [-0.4, -0.2) is 15.0 Å². The van der Waals surface area contributed by atoms with Crippen molar-refractivity contribution >= 4 is 49.8 Å². The number of furan rings is 1. The number of anilines is 3. The third kappa shape index (κ3) is 5.74. The summed E-state index contributed by atoms with van der Waals surface area (Å²) >= 11 is 0. The second-order valence-corrected chi connectivity index (χ2v) is 13.3. The summed E-state index contributed by atoms with van der Waals surface area (Å²) in [5, 5.41) is 4.32. The maximum absolute atomic E-state index is 6.80. The smallest absolute Gasteiger partial charge is 0.167 e. The fraction of sp³-hybridized carbons (Fsp3) is 0. The topological polar surface area (TPSA) is 55.1 Å². The number of aromatic nitrogens is 3. The molecule has 0 fully saturated rings. The lowest BCUT2D eigenvalue weighted by Crippen LogP contribution is -2.09. The number of hydrogen-bond acceptors (Lipinski definition) is 5. The molecule has 10 aromatic rings. The first-order chi connectivity index (χ1) is 26.7. The molecule has 0 amide bonds. The molecule has 2 aromatic heterocycles. The number of fused-ring (bicyclic) bond motifs is 4. The SMILES string of the molecule is c1ccc(-c2nc(-c3ccccc3)nc(-c3cc(-c4cccc(N(c5ccccc5)c5ccccc5)c4)cc4c3oc3cc5ccccc5cc34)n2)cc1. The fourth-order valence-corrected chi connectivity index (χ4v) is 7.25. The zero-order valence-electron chi connectivity index (χ0n) is 29.2. The quantitative estimate of drug-likeness (QED) is 0.166. The lowest BCUT2D eigenvalue weighted by atomic mass is 9.97. The molecule has 0 unspecified atom stereocenters. The van der Waals surface area contributed by atoms with Crippen LogP contribution in [0.5, 0.6) is 0 Å². The standard InChI is InChI=1S/C49H32N4O/c1-5-16-33(17-6-1)47-50-48(34-18-7-2-8-19-34)52-49(51-47)44-31-38(30-43-42-29-36-20-13-14-21-37(36)32-45(42)54-46(43)44)35-22-15-27-41(28-35)53(39-23-9-3-10-24-39)40-25-11-4-12-26-40/h1-32H. The van der Waals surface area contributed by atoms with E-state index in [9.17, 15) is 0 Å². The van der Waals surface area contributed by atoms with Crippen LogP contribution in [0, 0.1) is 0 Å². The van der Waals surface area contributed by atoms with Crippen LogP contribution in [0.2, 0.25) is 0 Å². The molecule has 0 aliphatic heterocycles. The lowest BCUT2D eigenvalue weighted by molar-refractivity contribution is 0.670. The third-order valence-electron chi connectivity index (χ3n) is 9.85. The molecule has 0 saturated carbocycles. The predicted octanol–water partition coefficient (Wildman–Crippen LogP) is 13.1. The Balaban J connectivity index is 1.23. The molecule has 0 spiro atoms. The molecule has 2 heterocycles. The van der Waals surface area contributed by atoms with E-state index in [2.05, 4.69) is 126 Å². The van der Waals surface area contributed by atoms with Gasteiger partial charge < -0.3 is 9.32 Å². The third-order valence-corrected chi connectivity index (χ3v) is 9.85. The van der Waals surface area contributed by atoms with Crippen LogP contribution in [0.1, 0.15) is 0 Å². The Labute approximate surface area is 312 Å². The highest BCUT2D eigenvalue weighted by Crippen LogP contribution is 2.42. The predicted molar refractivity (Wildman–Crippen MR) is 221 cm³/mol. The normalized spacial score (nSPS) is 11.3. The zero-order chi connectivity index (χ0) is 35.8. The minimum absolute atomic E-state index is 0.546. The Morgan fingerprint density at radius 1 is 0.352 bits per heavy atom. The molecule has 5 nitrogen and oxygen atoms in total. The van der Waals surface area contributed by atoms with Crippen molar-refractivity contribution < 1.29 is 4.42 Å². The van der Waals surface area contributed by atoms with Crippen LogP contribution < -0.4 is 4.90 Å². The van der Waals surface area contributed by atoms with Gasteiger partial charge in [0.25, 0.3) is 0 Å². The van der Waals surface area contributed by atoms with E-state index in [1.807, 2.05) is 72.8 Å². The largest absolute Gasteiger partial charge is 0.455 e. The van der Waals surface area contributed by atoms with Crippen molar-refractivity contribution in [2.45, 2.75) is 0 Å². The van der Waals surface area contributed by atoms with Gasteiger partial charge in [0, 0.05) is 39.0 Å². The van der Waals surface area contributed by atoms with Gasteiger partial charge in [-0.2, -0.15) is 0 Å². The van der Waals surface area contributed by atoms with Crippen LogP contribution in [0.3, 0.4) is 0 Å². The summed E-state index contributed by atoms with van der Waals surface area (Å²) in [5.74, 6) is 1.75. The molecule has 8 aromatic carbocycles. The summed E-state index contributed by atoms with van der Waals surface area (Å²) in [6.07, 6.45) is 0. The van der Waals surface area contributed by atoms with E-state index in [0.717, 1.165) is 77.6 Å². The van der Waals surface area contributed by atoms with E-state index in [4.69, 9.17) is 19.4 Å². The molecule has 0 radical (unpaired) electrons. The molecule has 5 heteroatoms. The molecule has 0 N–H and O–H groups in total. The number of hydrogen-bond donors (Lipinski definition) is 0. The van der Waals surface area contributed by atoms with E-state index >= 15 is 0 Å². The molecular weight excluding hydrogens is 661 g/mol. The molecule has 0 aliphatic carbocycles. The van der Waals surface area contributed by atoms with Gasteiger partial charge >= 0.3 is 0 Å². The Bertz CT molecular complexity index is 2830. The Morgan fingerprint density at radius 2 is 0.852 bits per heavy atom. The van der Waals surface area contributed by atoms with Crippen molar-refractivity contribution in [3.05, 3.63) is 194 Å². The Kier molecular flexibility index (Phi) is 7.73. The number of para-hydroxylation sites is 2. The molecule has 254 valence electrons. The fourth-order valence-electron chi connectivity index (χ4n) is 7.25. The minimum atomic E-state index is 0.546. The second kappa shape index (κ2) is 13.3. The van der Waals surface area contributed by atoms with Gasteiger partial charge in [-0.05, 0) is 82.6 Å². The van der Waals surface area contributed by atoms with Gasteiger partial charge in [0.1, 0.15) is 11.2 Å². The van der Waals surface area contributed by atoms with Crippen molar-refractivity contribution in [3.63, 3.8) is 0 Å². The van der Waals surface area contributed by atoms with Crippen molar-refractivity contribution in [1.29, 1.82) is 0 Å². The van der Waals surface area contributed by atoms with Crippen molar-refractivity contribution in [2.75, 3.05) is 4.90 Å². The van der Waals surface area contributed by atoms with Gasteiger partial charge in [0.15, 0.2) is 17.5 Å². The van der Waals surface area contributed by atoms with E-state index in [-0.39, 0.29) is 0 Å². The van der Waals surface area contributed by atoms with Gasteiger partial charge in [-0.15, -0.1) is 0 Å². The maximum Gasteiger partial charge on any atom is 0.167 e. The maximum atomic E-state index is 6.80. The summed E-state index contributed by atoms with van der Waals surface area (Å²) in [6, 6.07) is 67.0. The first-order valence-electron chi connectivity index (χ1n) is 18.0. The van der Waals surface area contributed by atoms with Gasteiger partial charge in [0.2, 0.25) is 0 Å². The van der Waals surface area contributed by atoms with E-state index in [0.29, 0.717) is 17.5 Å². The van der Waals surface area contributed by atoms with Gasteiger partial charge in [0.05, 0.1) is 5.56 Å². The van der Waals surface area contributed by atoms with Crippen molar-refractivity contribution in [3.8, 4) is 45.3 Å². The van der Waals surface area contributed by atoms with E-state index in [1.54, 1.807) is 0 Å². The van der Waals surface area contributed by atoms with Crippen LogP contribution >= 0.6 is 0 Å². The van der Waals surface area contributed by atoms with Crippen molar-refractivity contribution in [2.24, 2.45) is 0 Å². The molecule has 10 rings (SSSR count). The highest BCUT2D eigenvalue weighted by Gasteiger charge is 2.21. The Hall–Kier alpha value is -7.37. The number of benzene rings is 8. The van der Waals surface area contributed by atoms with Gasteiger partial charge in [-0.25, -0.2) is 15.0 Å². The summed E-state index contributed by atoms with van der Waals surface area (Å²) < 4.78 is 6.80. The zero-order valence-corrected chi connectivity index (χ0v) is 29.2.